The van der Waals surface area contributed by atoms with Crippen LogP contribution in [0.2, 0.25) is 0 Å². The van der Waals surface area contributed by atoms with Gasteiger partial charge in [0.05, 0.1) is 21.3 Å². The van der Waals surface area contributed by atoms with Gasteiger partial charge in [0, 0.05) is 27.9 Å². The van der Waals surface area contributed by atoms with Crippen molar-refractivity contribution >= 4 is 11.3 Å². The van der Waals surface area contributed by atoms with Crippen LogP contribution in [0, 0.1) is 6.92 Å². The lowest BCUT2D eigenvalue weighted by Crippen LogP contribution is -2.28. The molecule has 1 saturated heterocycles. The van der Waals surface area contributed by atoms with E-state index in [-0.39, 0.29) is 0 Å². The zero-order valence-electron chi connectivity index (χ0n) is 16.2. The van der Waals surface area contributed by atoms with Gasteiger partial charge in [0.1, 0.15) is 0 Å². The highest BCUT2D eigenvalue weighted by atomic mass is 32.1. The van der Waals surface area contributed by atoms with Crippen LogP contribution in [-0.2, 0) is 6.54 Å². The van der Waals surface area contributed by atoms with Crippen LogP contribution in [0.4, 0.5) is 0 Å². The highest BCUT2D eigenvalue weighted by molar-refractivity contribution is 7.12. The molecule has 1 aromatic heterocycles. The molecule has 0 spiro atoms. The monoisotopic (exact) mass is 375 g/mol. The molecule has 0 aliphatic carbocycles. The van der Waals surface area contributed by atoms with Gasteiger partial charge in [0.2, 0.25) is 5.75 Å². The molecule has 26 heavy (non-hydrogen) atoms. The summed E-state index contributed by atoms with van der Waals surface area (Å²) < 4.78 is 16.7. The quantitative estimate of drug-likeness (QED) is 0.694. The minimum Gasteiger partial charge on any atom is -0.493 e. The van der Waals surface area contributed by atoms with Crippen molar-refractivity contribution in [3.63, 3.8) is 0 Å². The van der Waals surface area contributed by atoms with Crippen molar-refractivity contribution in [3.8, 4) is 17.2 Å². The van der Waals surface area contributed by atoms with Crippen molar-refractivity contribution in [3.05, 3.63) is 39.6 Å². The fraction of sp³-hybridized carbons (Fsp3) is 0.524. The minimum atomic E-state index is 0.481. The number of methoxy groups -OCH3 is 3. The summed E-state index contributed by atoms with van der Waals surface area (Å²) in [6.07, 6.45) is 5.06. The molecular weight excluding hydrogens is 346 g/mol. The molecule has 1 aliphatic rings. The zero-order valence-corrected chi connectivity index (χ0v) is 17.0. The van der Waals surface area contributed by atoms with Crippen molar-refractivity contribution < 1.29 is 14.2 Å². The zero-order chi connectivity index (χ0) is 18.5. The van der Waals surface area contributed by atoms with Crippen LogP contribution in [0.15, 0.2) is 24.3 Å². The van der Waals surface area contributed by atoms with E-state index in [1.165, 1.54) is 35.4 Å². The van der Waals surface area contributed by atoms with Crippen LogP contribution in [0.5, 0.6) is 17.2 Å². The molecule has 0 amide bonds. The Hall–Kier alpha value is -1.72. The molecule has 2 heterocycles. The van der Waals surface area contributed by atoms with Gasteiger partial charge < -0.3 is 14.2 Å². The second-order valence-corrected chi connectivity index (χ2v) is 8.10. The van der Waals surface area contributed by atoms with E-state index >= 15 is 0 Å². The Morgan fingerprint density at radius 1 is 0.962 bits per heavy atom. The molecule has 0 radical (unpaired) electrons. The number of aryl methyl sites for hydroxylation is 1. The van der Waals surface area contributed by atoms with Crippen LogP contribution in [-0.4, -0.2) is 32.8 Å². The van der Waals surface area contributed by atoms with Crippen LogP contribution >= 0.6 is 11.3 Å². The first-order chi connectivity index (χ1) is 12.7. The SMILES string of the molecule is COc1ccc(CN2CCCCC[C@H]2c2ccc(C)s2)c(OC)c1OC. The third-order valence-electron chi connectivity index (χ3n) is 5.11. The lowest BCUT2D eigenvalue weighted by Gasteiger charge is -2.30. The average molecular weight is 376 g/mol. The van der Waals surface area contributed by atoms with E-state index < -0.39 is 0 Å². The Kier molecular flexibility index (Phi) is 6.43. The topological polar surface area (TPSA) is 30.9 Å². The van der Waals surface area contributed by atoms with Crippen LogP contribution in [0.25, 0.3) is 0 Å². The normalized spacial score (nSPS) is 18.4. The van der Waals surface area contributed by atoms with E-state index in [1.54, 1.807) is 21.3 Å². The molecular formula is C21H29NO3S. The first-order valence-electron chi connectivity index (χ1n) is 9.26. The number of hydrogen-bond donors (Lipinski definition) is 0. The maximum Gasteiger partial charge on any atom is 0.203 e. The smallest absolute Gasteiger partial charge is 0.203 e. The Balaban J connectivity index is 1.92. The Bertz CT molecular complexity index is 728. The van der Waals surface area contributed by atoms with Crippen molar-refractivity contribution in [2.45, 2.75) is 45.2 Å². The molecule has 4 nitrogen and oxygen atoms in total. The van der Waals surface area contributed by atoms with Gasteiger partial charge in [-0.3, -0.25) is 4.90 Å². The summed E-state index contributed by atoms with van der Waals surface area (Å²) in [5.74, 6) is 2.15. The number of benzene rings is 1. The standard InChI is InChI=1S/C21H29NO3S/c1-15-9-12-19(26-15)17-8-6-5-7-13-22(17)14-16-10-11-18(23-2)21(25-4)20(16)24-3/h9-12,17H,5-8,13-14H2,1-4H3/t17-/m0/s1. The highest BCUT2D eigenvalue weighted by Gasteiger charge is 2.26. The average Bonchev–Trinajstić information content (AvgIpc) is 2.95. The van der Waals surface area contributed by atoms with Gasteiger partial charge in [-0.1, -0.05) is 18.9 Å². The summed E-state index contributed by atoms with van der Waals surface area (Å²) in [6.45, 7) is 4.15. The second kappa shape index (κ2) is 8.78. The molecule has 2 aromatic rings. The number of rotatable bonds is 6. The Labute approximate surface area is 160 Å². The molecule has 0 unspecified atom stereocenters. The number of likely N-dealkylation sites (tertiary alicyclic amines) is 1. The number of thiophene rings is 1. The first kappa shape index (κ1) is 19.1. The van der Waals surface area contributed by atoms with Gasteiger partial charge in [-0.25, -0.2) is 0 Å². The molecule has 1 aromatic carbocycles. The number of nitrogens with zero attached hydrogens (tertiary/aromatic N) is 1. The van der Waals surface area contributed by atoms with Gasteiger partial charge in [-0.15, -0.1) is 11.3 Å². The molecule has 0 saturated carbocycles. The molecule has 0 N–H and O–H groups in total. The van der Waals surface area contributed by atoms with Gasteiger partial charge in [-0.05, 0) is 44.5 Å². The lowest BCUT2D eigenvalue weighted by atomic mass is 10.1. The molecule has 1 aliphatic heterocycles. The largest absolute Gasteiger partial charge is 0.493 e. The third-order valence-corrected chi connectivity index (χ3v) is 6.21. The predicted molar refractivity (Wildman–Crippen MR) is 107 cm³/mol. The van der Waals surface area contributed by atoms with Gasteiger partial charge in [0.15, 0.2) is 11.5 Å². The Morgan fingerprint density at radius 3 is 2.42 bits per heavy atom. The summed E-state index contributed by atoms with van der Waals surface area (Å²) in [5, 5.41) is 0. The summed E-state index contributed by atoms with van der Waals surface area (Å²) in [4.78, 5) is 5.46. The third kappa shape index (κ3) is 3.99. The summed E-state index contributed by atoms with van der Waals surface area (Å²) in [5.41, 5.74) is 1.14. The number of ether oxygens (including phenoxy) is 3. The molecule has 5 heteroatoms. The first-order valence-corrected chi connectivity index (χ1v) is 10.1. The van der Waals surface area contributed by atoms with E-state index in [2.05, 4.69) is 30.0 Å². The molecule has 3 rings (SSSR count). The van der Waals surface area contributed by atoms with E-state index in [9.17, 15) is 0 Å². The van der Waals surface area contributed by atoms with E-state index in [0.29, 0.717) is 17.5 Å². The summed E-state index contributed by atoms with van der Waals surface area (Å²) in [7, 11) is 5.01. The summed E-state index contributed by atoms with van der Waals surface area (Å²) in [6, 6.07) is 9.09. The highest BCUT2D eigenvalue weighted by Crippen LogP contribution is 2.42. The molecule has 0 bridgehead atoms. The fourth-order valence-corrected chi connectivity index (χ4v) is 4.87. The van der Waals surface area contributed by atoms with Crippen molar-refractivity contribution in [2.75, 3.05) is 27.9 Å². The molecule has 1 fully saturated rings. The van der Waals surface area contributed by atoms with Crippen molar-refractivity contribution in [1.82, 2.24) is 4.90 Å². The Morgan fingerprint density at radius 2 is 1.77 bits per heavy atom. The van der Waals surface area contributed by atoms with Gasteiger partial charge in [0.25, 0.3) is 0 Å². The number of hydrogen-bond acceptors (Lipinski definition) is 5. The van der Waals surface area contributed by atoms with E-state index in [1.807, 2.05) is 17.4 Å². The van der Waals surface area contributed by atoms with Gasteiger partial charge >= 0.3 is 0 Å². The van der Waals surface area contributed by atoms with E-state index in [4.69, 9.17) is 14.2 Å². The van der Waals surface area contributed by atoms with Gasteiger partial charge in [-0.2, -0.15) is 0 Å². The molecule has 142 valence electrons. The minimum absolute atomic E-state index is 0.481. The fourth-order valence-electron chi connectivity index (χ4n) is 3.82. The van der Waals surface area contributed by atoms with E-state index in [0.717, 1.165) is 24.4 Å². The van der Waals surface area contributed by atoms with Crippen molar-refractivity contribution in [1.29, 1.82) is 0 Å². The van der Waals surface area contributed by atoms with Crippen LogP contribution < -0.4 is 14.2 Å². The lowest BCUT2D eigenvalue weighted by molar-refractivity contribution is 0.192. The molecule has 1 atom stereocenters. The maximum atomic E-state index is 5.70. The second-order valence-electron chi connectivity index (χ2n) is 6.78. The van der Waals surface area contributed by atoms with Crippen molar-refractivity contribution in [2.24, 2.45) is 0 Å². The predicted octanol–water partition coefficient (Wildman–Crippen LogP) is 5.20. The van der Waals surface area contributed by atoms with Crippen LogP contribution in [0.3, 0.4) is 0 Å². The summed E-state index contributed by atoms with van der Waals surface area (Å²) >= 11 is 1.92. The maximum absolute atomic E-state index is 5.70. The van der Waals surface area contributed by atoms with Crippen LogP contribution in [0.1, 0.15) is 47.0 Å².